The molecule has 2 rings (SSSR count). The Kier molecular flexibility index (Phi) is 2.65. The number of halogens is 1. The Morgan fingerprint density at radius 1 is 1.47 bits per heavy atom. The predicted molar refractivity (Wildman–Crippen MR) is 53.7 cm³/mol. The van der Waals surface area contributed by atoms with Gasteiger partial charge in [-0.1, -0.05) is 0 Å². The van der Waals surface area contributed by atoms with Gasteiger partial charge in [-0.25, -0.2) is 18.9 Å². The lowest BCUT2D eigenvalue weighted by Crippen LogP contribution is -2.01. The second-order valence-corrected chi connectivity index (χ2v) is 3.16. The van der Waals surface area contributed by atoms with Crippen LogP contribution >= 0.6 is 0 Å². The number of carboxylic acid groups (broad SMARTS) is 1. The zero-order chi connectivity index (χ0) is 12.4. The van der Waals surface area contributed by atoms with Crippen molar-refractivity contribution in [3.8, 4) is 5.82 Å². The van der Waals surface area contributed by atoms with Crippen LogP contribution in [0, 0.1) is 5.82 Å². The lowest BCUT2D eigenvalue weighted by Gasteiger charge is -2.00. The van der Waals surface area contributed by atoms with E-state index in [9.17, 15) is 14.0 Å². The largest absolute Gasteiger partial charge is 0.478 e. The third-order valence-corrected chi connectivity index (χ3v) is 2.06. The van der Waals surface area contributed by atoms with Crippen LogP contribution in [0.2, 0.25) is 0 Å². The summed E-state index contributed by atoms with van der Waals surface area (Å²) < 4.78 is 14.2. The van der Waals surface area contributed by atoms with E-state index in [1.54, 1.807) is 0 Å². The molecule has 17 heavy (non-hydrogen) atoms. The van der Waals surface area contributed by atoms with Gasteiger partial charge in [-0.05, 0) is 6.07 Å². The Morgan fingerprint density at radius 3 is 2.82 bits per heavy atom. The molecule has 1 N–H and O–H groups in total. The van der Waals surface area contributed by atoms with Gasteiger partial charge in [0.05, 0.1) is 23.5 Å². The summed E-state index contributed by atoms with van der Waals surface area (Å²) in [5.41, 5.74) is -0.189. The normalized spacial score (nSPS) is 10.2. The monoisotopic (exact) mass is 235 g/mol. The van der Waals surface area contributed by atoms with E-state index in [1.165, 1.54) is 12.3 Å². The highest BCUT2D eigenvalue weighted by atomic mass is 19.1. The summed E-state index contributed by atoms with van der Waals surface area (Å²) in [5, 5.41) is 12.4. The molecule has 86 valence electrons. The Hall–Kier alpha value is -2.57. The third-order valence-electron chi connectivity index (χ3n) is 2.06. The first-order valence-electron chi connectivity index (χ1n) is 4.51. The van der Waals surface area contributed by atoms with Crippen molar-refractivity contribution in [1.29, 1.82) is 0 Å². The van der Waals surface area contributed by atoms with E-state index in [-0.39, 0.29) is 16.9 Å². The topological polar surface area (TPSA) is 85.1 Å². The van der Waals surface area contributed by atoms with Gasteiger partial charge in [-0.2, -0.15) is 5.10 Å². The molecule has 7 heteroatoms. The average Bonchev–Trinajstić information content (AvgIpc) is 2.79. The molecule has 0 bridgehead atoms. The van der Waals surface area contributed by atoms with Gasteiger partial charge in [0, 0.05) is 6.20 Å². The van der Waals surface area contributed by atoms with Gasteiger partial charge in [0.15, 0.2) is 17.9 Å². The predicted octanol–water partition coefficient (Wildman–Crippen LogP) is 0.917. The number of carbonyl (C=O) groups is 2. The first kappa shape index (κ1) is 10.9. The number of nitrogens with zero attached hydrogens (tertiary/aromatic N) is 3. The molecular weight excluding hydrogens is 229 g/mol. The smallest absolute Gasteiger partial charge is 0.338 e. The van der Waals surface area contributed by atoms with Crippen LogP contribution in [0.4, 0.5) is 4.39 Å². The highest BCUT2D eigenvalue weighted by Crippen LogP contribution is 2.10. The molecule has 0 atom stereocenters. The van der Waals surface area contributed by atoms with Crippen LogP contribution in [0.1, 0.15) is 20.7 Å². The minimum absolute atomic E-state index is 0.0243. The van der Waals surface area contributed by atoms with Crippen molar-refractivity contribution in [2.75, 3.05) is 0 Å². The molecule has 6 nitrogen and oxygen atoms in total. The number of carboxylic acids is 1. The fourth-order valence-corrected chi connectivity index (χ4v) is 1.22. The van der Waals surface area contributed by atoms with E-state index in [4.69, 9.17) is 5.11 Å². The quantitative estimate of drug-likeness (QED) is 0.799. The van der Waals surface area contributed by atoms with E-state index >= 15 is 0 Å². The third kappa shape index (κ3) is 2.03. The zero-order valence-electron chi connectivity index (χ0n) is 8.37. The summed E-state index contributed by atoms with van der Waals surface area (Å²) >= 11 is 0. The van der Waals surface area contributed by atoms with Gasteiger partial charge in [-0.15, -0.1) is 0 Å². The summed E-state index contributed by atoms with van der Waals surface area (Å²) in [6.07, 6.45) is 3.58. The summed E-state index contributed by atoms with van der Waals surface area (Å²) in [5.74, 6) is -1.70. The number of aldehydes is 1. The van der Waals surface area contributed by atoms with Crippen LogP contribution in [-0.4, -0.2) is 32.1 Å². The number of carbonyl (C=O) groups excluding carboxylic acids is 1. The Labute approximate surface area is 94.3 Å². The first-order chi connectivity index (χ1) is 8.11. The maximum absolute atomic E-state index is 13.0. The Bertz CT molecular complexity index is 594. The molecule has 0 aliphatic rings. The molecule has 0 radical (unpaired) electrons. The Balaban J connectivity index is 2.45. The molecule has 2 heterocycles. The Morgan fingerprint density at radius 2 is 2.24 bits per heavy atom. The standard InChI is InChI=1S/C10H6FN3O3/c11-8-3-12-9(1-6(8)5-15)14-4-7(2-13-14)10(16)17/h1-5H,(H,16,17). The number of hydrogen-bond acceptors (Lipinski definition) is 4. The van der Waals surface area contributed by atoms with Crippen LogP contribution in [0.25, 0.3) is 5.82 Å². The van der Waals surface area contributed by atoms with E-state index in [2.05, 4.69) is 10.1 Å². The highest BCUT2D eigenvalue weighted by Gasteiger charge is 2.10. The zero-order valence-corrected chi connectivity index (χ0v) is 8.37. The van der Waals surface area contributed by atoms with E-state index in [0.717, 1.165) is 17.1 Å². The van der Waals surface area contributed by atoms with Crippen LogP contribution in [0.3, 0.4) is 0 Å². The second kappa shape index (κ2) is 4.12. The molecule has 0 aliphatic heterocycles. The van der Waals surface area contributed by atoms with Crippen LogP contribution < -0.4 is 0 Å². The molecule has 0 fully saturated rings. The molecule has 2 aromatic rings. The van der Waals surface area contributed by atoms with Gasteiger partial charge in [-0.3, -0.25) is 4.79 Å². The van der Waals surface area contributed by atoms with Crippen molar-refractivity contribution < 1.29 is 19.1 Å². The van der Waals surface area contributed by atoms with Gasteiger partial charge in [0.2, 0.25) is 0 Å². The number of rotatable bonds is 3. The molecule has 0 saturated carbocycles. The lowest BCUT2D eigenvalue weighted by molar-refractivity contribution is 0.0696. The van der Waals surface area contributed by atoms with Crippen molar-refractivity contribution in [3.05, 3.63) is 41.6 Å². The fourth-order valence-electron chi connectivity index (χ4n) is 1.22. The van der Waals surface area contributed by atoms with Gasteiger partial charge in [0.1, 0.15) is 0 Å². The molecule has 0 aromatic carbocycles. The SMILES string of the molecule is O=Cc1cc(-n2cc(C(=O)O)cn2)ncc1F. The number of hydrogen-bond donors (Lipinski definition) is 1. The molecule has 0 aliphatic carbocycles. The van der Waals surface area contributed by atoms with Gasteiger partial charge in [0.25, 0.3) is 0 Å². The maximum atomic E-state index is 13.0. The molecular formula is C10H6FN3O3. The van der Waals surface area contributed by atoms with Crippen LogP contribution in [0.15, 0.2) is 24.7 Å². The molecule has 0 amide bonds. The maximum Gasteiger partial charge on any atom is 0.338 e. The average molecular weight is 235 g/mol. The molecule has 2 aromatic heterocycles. The summed E-state index contributed by atoms with van der Waals surface area (Å²) in [6.45, 7) is 0. The molecule has 0 unspecified atom stereocenters. The molecule has 0 saturated heterocycles. The van der Waals surface area contributed by atoms with Crippen molar-refractivity contribution in [2.45, 2.75) is 0 Å². The van der Waals surface area contributed by atoms with E-state index in [1.807, 2.05) is 0 Å². The number of aromatic nitrogens is 3. The first-order valence-corrected chi connectivity index (χ1v) is 4.51. The minimum Gasteiger partial charge on any atom is -0.478 e. The van der Waals surface area contributed by atoms with E-state index < -0.39 is 11.8 Å². The summed E-state index contributed by atoms with van der Waals surface area (Å²) in [6, 6.07) is 1.18. The van der Waals surface area contributed by atoms with Crippen molar-refractivity contribution in [2.24, 2.45) is 0 Å². The van der Waals surface area contributed by atoms with Crippen LogP contribution in [-0.2, 0) is 0 Å². The molecule has 0 spiro atoms. The van der Waals surface area contributed by atoms with Gasteiger partial charge >= 0.3 is 5.97 Å². The van der Waals surface area contributed by atoms with Crippen molar-refractivity contribution >= 4 is 12.3 Å². The number of aromatic carboxylic acids is 1. The lowest BCUT2D eigenvalue weighted by atomic mass is 10.3. The minimum atomic E-state index is -1.13. The summed E-state index contributed by atoms with van der Waals surface area (Å²) in [7, 11) is 0. The highest BCUT2D eigenvalue weighted by molar-refractivity contribution is 5.87. The van der Waals surface area contributed by atoms with Crippen molar-refractivity contribution in [1.82, 2.24) is 14.8 Å². The number of pyridine rings is 1. The van der Waals surface area contributed by atoms with E-state index in [0.29, 0.717) is 6.29 Å². The summed E-state index contributed by atoms with van der Waals surface area (Å²) in [4.78, 5) is 24.9. The van der Waals surface area contributed by atoms with Gasteiger partial charge < -0.3 is 5.11 Å². The second-order valence-electron chi connectivity index (χ2n) is 3.16. The van der Waals surface area contributed by atoms with Crippen LogP contribution in [0.5, 0.6) is 0 Å². The fraction of sp³-hybridized carbons (Fsp3) is 0. The van der Waals surface area contributed by atoms with Crippen molar-refractivity contribution in [3.63, 3.8) is 0 Å².